The molecule has 0 spiro atoms. The molecule has 2 atom stereocenters. The number of amides is 2. The lowest BCUT2D eigenvalue weighted by Crippen LogP contribution is -2.62. The maximum atomic E-state index is 13.3. The maximum Gasteiger partial charge on any atom is 0.245 e. The second-order valence-electron chi connectivity index (χ2n) is 5.73. The molecule has 0 radical (unpaired) electrons. The minimum Gasteiger partial charge on any atom is -0.343 e. The SMILES string of the molecule is CC1NC(=O)C(C2CC2)N(Cc2ccc(F)c(F)c2)C1=O. The van der Waals surface area contributed by atoms with Crippen LogP contribution < -0.4 is 5.32 Å². The number of hydrogen-bond donors (Lipinski definition) is 1. The summed E-state index contributed by atoms with van der Waals surface area (Å²) in [6, 6.07) is 2.46. The van der Waals surface area contributed by atoms with Crippen LogP contribution in [0.25, 0.3) is 0 Å². The molecule has 1 saturated heterocycles. The van der Waals surface area contributed by atoms with Crippen LogP contribution in [0.5, 0.6) is 0 Å². The van der Waals surface area contributed by atoms with Gasteiger partial charge in [-0.1, -0.05) is 6.07 Å². The molecular formula is C15H16F2N2O2. The van der Waals surface area contributed by atoms with E-state index >= 15 is 0 Å². The van der Waals surface area contributed by atoms with Gasteiger partial charge in [0, 0.05) is 6.54 Å². The van der Waals surface area contributed by atoms with Crippen LogP contribution in [0.4, 0.5) is 8.78 Å². The van der Waals surface area contributed by atoms with Crippen LogP contribution in [0.3, 0.4) is 0 Å². The van der Waals surface area contributed by atoms with Gasteiger partial charge in [0.25, 0.3) is 0 Å². The largest absolute Gasteiger partial charge is 0.343 e. The normalized spacial score (nSPS) is 26.0. The Morgan fingerprint density at radius 3 is 2.57 bits per heavy atom. The van der Waals surface area contributed by atoms with Crippen LogP contribution in [-0.2, 0) is 16.1 Å². The highest BCUT2D eigenvalue weighted by Crippen LogP contribution is 2.37. The lowest BCUT2D eigenvalue weighted by atomic mass is 10.0. The lowest BCUT2D eigenvalue weighted by Gasteiger charge is -2.38. The predicted octanol–water partition coefficient (Wildman–Crippen LogP) is 1.59. The van der Waals surface area contributed by atoms with Crippen molar-refractivity contribution in [1.82, 2.24) is 10.2 Å². The summed E-state index contributed by atoms with van der Waals surface area (Å²) >= 11 is 0. The van der Waals surface area contributed by atoms with E-state index in [1.54, 1.807) is 6.92 Å². The molecule has 1 aromatic carbocycles. The van der Waals surface area contributed by atoms with Gasteiger partial charge in [0.1, 0.15) is 12.1 Å². The number of carbonyl (C=O) groups excluding carboxylic acids is 2. The molecule has 2 fully saturated rings. The van der Waals surface area contributed by atoms with Crippen LogP contribution in [0.1, 0.15) is 25.3 Å². The Labute approximate surface area is 121 Å². The van der Waals surface area contributed by atoms with Gasteiger partial charge in [-0.05, 0) is 43.4 Å². The Kier molecular flexibility index (Phi) is 3.39. The van der Waals surface area contributed by atoms with E-state index in [2.05, 4.69) is 5.32 Å². The van der Waals surface area contributed by atoms with Gasteiger partial charge in [0.2, 0.25) is 11.8 Å². The van der Waals surface area contributed by atoms with Gasteiger partial charge in [0.15, 0.2) is 11.6 Å². The van der Waals surface area contributed by atoms with E-state index in [0.717, 1.165) is 25.0 Å². The summed E-state index contributed by atoms with van der Waals surface area (Å²) in [6.45, 7) is 1.75. The van der Waals surface area contributed by atoms with E-state index in [0.29, 0.717) is 5.56 Å². The molecule has 3 rings (SSSR count). The molecule has 1 aliphatic heterocycles. The number of piperazine rings is 1. The number of halogens is 2. The van der Waals surface area contributed by atoms with Crippen molar-refractivity contribution in [3.8, 4) is 0 Å². The average molecular weight is 294 g/mol. The van der Waals surface area contributed by atoms with Crippen molar-refractivity contribution < 1.29 is 18.4 Å². The van der Waals surface area contributed by atoms with E-state index < -0.39 is 23.7 Å². The molecule has 2 amide bonds. The van der Waals surface area contributed by atoms with Crippen molar-refractivity contribution in [2.75, 3.05) is 0 Å². The zero-order valence-corrected chi connectivity index (χ0v) is 11.6. The molecule has 0 bridgehead atoms. The van der Waals surface area contributed by atoms with Gasteiger partial charge in [0.05, 0.1) is 0 Å². The molecule has 0 aromatic heterocycles. The molecule has 1 aromatic rings. The Bertz CT molecular complexity index is 601. The van der Waals surface area contributed by atoms with Gasteiger partial charge in [-0.15, -0.1) is 0 Å². The number of carbonyl (C=O) groups is 2. The third kappa shape index (κ3) is 2.62. The van der Waals surface area contributed by atoms with E-state index in [4.69, 9.17) is 0 Å². The Hall–Kier alpha value is -1.98. The van der Waals surface area contributed by atoms with Gasteiger partial charge in [-0.3, -0.25) is 9.59 Å². The smallest absolute Gasteiger partial charge is 0.245 e. The molecule has 6 heteroatoms. The molecule has 1 aliphatic carbocycles. The molecule has 1 N–H and O–H groups in total. The average Bonchev–Trinajstić information content (AvgIpc) is 3.24. The van der Waals surface area contributed by atoms with E-state index in [1.165, 1.54) is 11.0 Å². The van der Waals surface area contributed by atoms with E-state index in [-0.39, 0.29) is 24.3 Å². The number of nitrogens with one attached hydrogen (secondary N) is 1. The van der Waals surface area contributed by atoms with Crippen molar-refractivity contribution in [2.24, 2.45) is 5.92 Å². The fourth-order valence-electron chi connectivity index (χ4n) is 2.78. The van der Waals surface area contributed by atoms with Crippen LogP contribution >= 0.6 is 0 Å². The van der Waals surface area contributed by atoms with Crippen LogP contribution in [0.15, 0.2) is 18.2 Å². The third-order valence-electron chi connectivity index (χ3n) is 4.02. The maximum absolute atomic E-state index is 13.3. The second kappa shape index (κ2) is 5.09. The molecular weight excluding hydrogens is 278 g/mol. The molecule has 2 unspecified atom stereocenters. The molecule has 1 heterocycles. The summed E-state index contributed by atoms with van der Waals surface area (Å²) in [5, 5.41) is 2.67. The first-order valence-electron chi connectivity index (χ1n) is 7.02. The summed E-state index contributed by atoms with van der Waals surface area (Å²) in [5.74, 6) is -2.04. The van der Waals surface area contributed by atoms with E-state index in [1.807, 2.05) is 0 Å². The first-order valence-corrected chi connectivity index (χ1v) is 7.02. The topological polar surface area (TPSA) is 49.4 Å². The zero-order valence-electron chi connectivity index (χ0n) is 11.6. The van der Waals surface area contributed by atoms with Gasteiger partial charge >= 0.3 is 0 Å². The fraction of sp³-hybridized carbons (Fsp3) is 0.467. The Morgan fingerprint density at radius 2 is 1.95 bits per heavy atom. The molecule has 21 heavy (non-hydrogen) atoms. The summed E-state index contributed by atoms with van der Waals surface area (Å²) < 4.78 is 26.3. The summed E-state index contributed by atoms with van der Waals surface area (Å²) in [4.78, 5) is 25.9. The van der Waals surface area contributed by atoms with Crippen molar-refractivity contribution in [1.29, 1.82) is 0 Å². The van der Waals surface area contributed by atoms with Gasteiger partial charge in [-0.2, -0.15) is 0 Å². The summed E-state index contributed by atoms with van der Waals surface area (Å²) in [6.07, 6.45) is 1.82. The highest BCUT2D eigenvalue weighted by Gasteiger charge is 2.46. The first kappa shape index (κ1) is 14.0. The quantitative estimate of drug-likeness (QED) is 0.920. The van der Waals surface area contributed by atoms with Crippen molar-refractivity contribution in [3.63, 3.8) is 0 Å². The number of hydrogen-bond acceptors (Lipinski definition) is 2. The fourth-order valence-corrected chi connectivity index (χ4v) is 2.78. The van der Waals surface area contributed by atoms with E-state index in [9.17, 15) is 18.4 Å². The van der Waals surface area contributed by atoms with Crippen molar-refractivity contribution in [2.45, 2.75) is 38.4 Å². The summed E-state index contributed by atoms with van der Waals surface area (Å²) in [7, 11) is 0. The number of nitrogens with zero attached hydrogens (tertiary/aromatic N) is 1. The highest BCUT2D eigenvalue weighted by molar-refractivity contribution is 5.97. The van der Waals surface area contributed by atoms with Crippen LogP contribution in [0, 0.1) is 17.6 Å². The van der Waals surface area contributed by atoms with Gasteiger partial charge in [-0.25, -0.2) is 8.78 Å². The number of rotatable bonds is 3. The Balaban J connectivity index is 1.86. The summed E-state index contributed by atoms with van der Waals surface area (Å²) in [5.41, 5.74) is 0.481. The molecule has 1 saturated carbocycles. The lowest BCUT2D eigenvalue weighted by molar-refractivity contribution is -0.150. The minimum absolute atomic E-state index is 0.120. The third-order valence-corrected chi connectivity index (χ3v) is 4.02. The minimum atomic E-state index is -0.947. The zero-order chi connectivity index (χ0) is 15.1. The number of benzene rings is 1. The Morgan fingerprint density at radius 1 is 1.24 bits per heavy atom. The monoisotopic (exact) mass is 294 g/mol. The molecule has 112 valence electrons. The van der Waals surface area contributed by atoms with Gasteiger partial charge < -0.3 is 10.2 Å². The van der Waals surface area contributed by atoms with Crippen molar-refractivity contribution in [3.05, 3.63) is 35.4 Å². The molecule has 4 nitrogen and oxygen atoms in total. The second-order valence-corrected chi connectivity index (χ2v) is 5.73. The standard InChI is InChI=1S/C15H16F2N2O2/c1-8-15(21)19(13(10-3-4-10)14(20)18-8)7-9-2-5-11(16)12(17)6-9/h2,5-6,8,10,13H,3-4,7H2,1H3,(H,18,20). The first-order chi connectivity index (χ1) is 9.97. The molecule has 2 aliphatic rings. The van der Waals surface area contributed by atoms with Crippen LogP contribution in [-0.4, -0.2) is 28.8 Å². The predicted molar refractivity (Wildman–Crippen MR) is 71.0 cm³/mol. The van der Waals surface area contributed by atoms with Crippen LogP contribution in [0.2, 0.25) is 0 Å². The van der Waals surface area contributed by atoms with Crippen molar-refractivity contribution >= 4 is 11.8 Å². The highest BCUT2D eigenvalue weighted by atomic mass is 19.2.